The van der Waals surface area contributed by atoms with E-state index in [-0.39, 0.29) is 12.8 Å². The number of rotatable bonds is 1. The molecule has 104 valence electrons. The van der Waals surface area contributed by atoms with E-state index >= 15 is 0 Å². The Labute approximate surface area is 113 Å². The number of hydrazine groups is 1. The van der Waals surface area contributed by atoms with E-state index < -0.39 is 17.9 Å². The maximum absolute atomic E-state index is 10.7. The summed E-state index contributed by atoms with van der Waals surface area (Å²) in [6.07, 6.45) is 0.571. The molecule has 1 aliphatic rings. The first kappa shape index (κ1) is 13.5. The molecule has 0 spiro atoms. The number of carboxylic acid groups (broad SMARTS) is 1. The Bertz CT molecular complexity index is 605. The van der Waals surface area contributed by atoms with E-state index in [1.807, 2.05) is 30.5 Å². The number of amides is 3. The zero-order valence-electron chi connectivity index (χ0n) is 10.4. The van der Waals surface area contributed by atoms with Crippen LogP contribution < -0.4 is 5.43 Å². The first-order valence-electron chi connectivity index (χ1n) is 5.81. The first-order chi connectivity index (χ1) is 9.58. The molecular formula is C12H12N4O4. The fraction of sp³-hybridized carbons (Fsp3) is 0.167. The van der Waals surface area contributed by atoms with Crippen molar-refractivity contribution in [2.24, 2.45) is 0 Å². The third-order valence-corrected chi connectivity index (χ3v) is 2.61. The predicted octanol–water partition coefficient (Wildman–Crippen LogP) is 0.881. The van der Waals surface area contributed by atoms with Crippen LogP contribution in [0.25, 0.3) is 10.9 Å². The third kappa shape index (κ3) is 3.10. The van der Waals surface area contributed by atoms with Crippen LogP contribution in [0.4, 0.5) is 4.79 Å². The van der Waals surface area contributed by atoms with Crippen LogP contribution in [0.15, 0.2) is 30.5 Å². The molecule has 1 aromatic carbocycles. The summed E-state index contributed by atoms with van der Waals surface area (Å²) < 4.78 is 0. The summed E-state index contributed by atoms with van der Waals surface area (Å²) in [5, 5.41) is 16.6. The van der Waals surface area contributed by atoms with Crippen LogP contribution in [0.5, 0.6) is 0 Å². The number of H-pyrrole nitrogens is 1. The lowest BCUT2D eigenvalue weighted by Gasteiger charge is -2.10. The molecule has 1 aromatic heterocycles. The van der Waals surface area contributed by atoms with E-state index in [0.717, 1.165) is 10.9 Å². The molecule has 1 fully saturated rings. The largest absolute Gasteiger partial charge is 0.464 e. The molecule has 3 amide bonds. The molecule has 1 saturated heterocycles. The minimum atomic E-state index is -1.41. The van der Waals surface area contributed by atoms with Gasteiger partial charge < -0.3 is 5.11 Å². The van der Waals surface area contributed by atoms with Gasteiger partial charge in [0.05, 0.1) is 11.7 Å². The molecule has 8 nitrogen and oxygen atoms in total. The average molecular weight is 276 g/mol. The first-order valence-corrected chi connectivity index (χ1v) is 5.81. The van der Waals surface area contributed by atoms with Gasteiger partial charge in [-0.1, -0.05) is 18.2 Å². The average Bonchev–Trinajstić information content (AvgIpc) is 3.01. The molecule has 0 unspecified atom stereocenters. The van der Waals surface area contributed by atoms with Crippen LogP contribution in [-0.2, 0) is 9.59 Å². The van der Waals surface area contributed by atoms with Gasteiger partial charge in [0.25, 0.3) is 0 Å². The maximum atomic E-state index is 10.7. The Balaban J connectivity index is 0.000000149. The molecule has 3 N–H and O–H groups in total. The van der Waals surface area contributed by atoms with Crippen molar-refractivity contribution in [3.05, 3.63) is 30.5 Å². The number of nitrogens with zero attached hydrogens (tertiary/aromatic N) is 2. The van der Waals surface area contributed by atoms with Crippen molar-refractivity contribution in [1.29, 1.82) is 0 Å². The number of aromatic nitrogens is 2. The second-order valence-electron chi connectivity index (χ2n) is 4.00. The number of hydrogen-bond donors (Lipinski definition) is 3. The SMILES string of the molecule is O=C(O)NN1C(=O)CCC1=O.c1ccc2[nH]ncc2c1. The number of aromatic amines is 1. The van der Waals surface area contributed by atoms with E-state index in [0.29, 0.717) is 5.01 Å². The molecule has 0 saturated carbocycles. The van der Waals surface area contributed by atoms with E-state index in [4.69, 9.17) is 5.11 Å². The minimum Gasteiger partial charge on any atom is -0.464 e. The highest BCUT2D eigenvalue weighted by Crippen LogP contribution is 2.08. The number of benzene rings is 1. The fourth-order valence-corrected chi connectivity index (χ4v) is 1.68. The van der Waals surface area contributed by atoms with Gasteiger partial charge in [0.15, 0.2) is 0 Å². The number of hydrogen-bond acceptors (Lipinski definition) is 4. The Morgan fingerprint density at radius 2 is 1.90 bits per heavy atom. The highest BCUT2D eigenvalue weighted by Gasteiger charge is 2.30. The van der Waals surface area contributed by atoms with Crippen LogP contribution in [0.3, 0.4) is 0 Å². The van der Waals surface area contributed by atoms with Gasteiger partial charge in [0.2, 0.25) is 11.8 Å². The van der Waals surface area contributed by atoms with Crippen molar-refractivity contribution in [2.75, 3.05) is 0 Å². The molecule has 3 rings (SSSR count). The molecule has 0 atom stereocenters. The zero-order chi connectivity index (χ0) is 14.5. The normalized spacial score (nSPS) is 14.1. The molecule has 0 radical (unpaired) electrons. The molecule has 2 aromatic rings. The number of nitrogens with one attached hydrogen (secondary N) is 2. The lowest BCUT2D eigenvalue weighted by Crippen LogP contribution is -2.44. The van der Waals surface area contributed by atoms with Crippen molar-refractivity contribution in [3.8, 4) is 0 Å². The summed E-state index contributed by atoms with van der Waals surface area (Å²) in [6.45, 7) is 0. The lowest BCUT2D eigenvalue weighted by molar-refractivity contribution is -0.141. The number of para-hydroxylation sites is 1. The van der Waals surface area contributed by atoms with E-state index in [2.05, 4.69) is 10.2 Å². The quantitative estimate of drug-likeness (QED) is 0.669. The molecular weight excluding hydrogens is 264 g/mol. The number of carbonyl (C=O) groups excluding carboxylic acids is 2. The second kappa shape index (κ2) is 5.83. The highest BCUT2D eigenvalue weighted by molar-refractivity contribution is 6.02. The summed E-state index contributed by atoms with van der Waals surface area (Å²) in [7, 11) is 0. The summed E-state index contributed by atoms with van der Waals surface area (Å²) in [5.41, 5.74) is 2.79. The summed E-state index contributed by atoms with van der Waals surface area (Å²) >= 11 is 0. The van der Waals surface area contributed by atoms with Crippen LogP contribution in [0, 0.1) is 0 Å². The zero-order valence-corrected chi connectivity index (χ0v) is 10.4. The van der Waals surface area contributed by atoms with Crippen LogP contribution in [-0.4, -0.2) is 38.2 Å². The Morgan fingerprint density at radius 1 is 1.25 bits per heavy atom. The summed E-state index contributed by atoms with van der Waals surface area (Å²) in [5.74, 6) is -1.00. The summed E-state index contributed by atoms with van der Waals surface area (Å²) in [6, 6.07) is 8.01. The maximum Gasteiger partial charge on any atom is 0.424 e. The Hall–Kier alpha value is -2.90. The van der Waals surface area contributed by atoms with Gasteiger partial charge in [0, 0.05) is 18.2 Å². The van der Waals surface area contributed by atoms with Gasteiger partial charge in [-0.3, -0.25) is 14.7 Å². The van der Waals surface area contributed by atoms with Crippen LogP contribution in [0.2, 0.25) is 0 Å². The third-order valence-electron chi connectivity index (χ3n) is 2.61. The number of imide groups is 1. The lowest BCUT2D eigenvalue weighted by atomic mass is 10.3. The standard InChI is InChI=1S/C7H6N2.C5H6N2O4/c1-2-4-7-6(3-1)5-8-9-7;8-3-1-2-4(9)7(3)6-5(10)11/h1-5H,(H,8,9);6H,1-2H2,(H,10,11). The monoisotopic (exact) mass is 276 g/mol. The van der Waals surface area contributed by atoms with Gasteiger partial charge in [0.1, 0.15) is 0 Å². The molecule has 1 aliphatic heterocycles. The Kier molecular flexibility index (Phi) is 3.94. The van der Waals surface area contributed by atoms with Crippen molar-refractivity contribution in [3.63, 3.8) is 0 Å². The Morgan fingerprint density at radius 3 is 2.50 bits per heavy atom. The van der Waals surface area contributed by atoms with Crippen molar-refractivity contribution < 1.29 is 19.5 Å². The molecule has 8 heteroatoms. The molecule has 0 aliphatic carbocycles. The van der Waals surface area contributed by atoms with Gasteiger partial charge >= 0.3 is 6.09 Å². The fourth-order valence-electron chi connectivity index (χ4n) is 1.68. The van der Waals surface area contributed by atoms with Gasteiger partial charge in [-0.05, 0) is 6.07 Å². The predicted molar refractivity (Wildman–Crippen MR) is 68.3 cm³/mol. The van der Waals surface area contributed by atoms with Gasteiger partial charge in [-0.2, -0.15) is 10.1 Å². The number of carbonyl (C=O) groups is 3. The van der Waals surface area contributed by atoms with Crippen molar-refractivity contribution in [1.82, 2.24) is 20.6 Å². The topological polar surface area (TPSA) is 115 Å². The van der Waals surface area contributed by atoms with Crippen molar-refractivity contribution >= 4 is 28.8 Å². The minimum absolute atomic E-state index is 0.0825. The van der Waals surface area contributed by atoms with E-state index in [9.17, 15) is 14.4 Å². The number of fused-ring (bicyclic) bond motifs is 1. The van der Waals surface area contributed by atoms with E-state index in [1.54, 1.807) is 5.43 Å². The second-order valence-corrected chi connectivity index (χ2v) is 4.00. The van der Waals surface area contributed by atoms with Gasteiger partial charge in [-0.25, -0.2) is 10.2 Å². The van der Waals surface area contributed by atoms with Crippen molar-refractivity contribution in [2.45, 2.75) is 12.8 Å². The summed E-state index contributed by atoms with van der Waals surface area (Å²) in [4.78, 5) is 31.4. The highest BCUT2D eigenvalue weighted by atomic mass is 16.4. The smallest absolute Gasteiger partial charge is 0.424 e. The molecule has 2 heterocycles. The molecule has 0 bridgehead atoms. The molecule has 20 heavy (non-hydrogen) atoms. The van der Waals surface area contributed by atoms with Crippen LogP contribution >= 0.6 is 0 Å². The van der Waals surface area contributed by atoms with Crippen LogP contribution in [0.1, 0.15) is 12.8 Å². The van der Waals surface area contributed by atoms with Gasteiger partial charge in [-0.15, -0.1) is 0 Å². The van der Waals surface area contributed by atoms with E-state index in [1.165, 1.54) is 0 Å².